The second-order valence-electron chi connectivity index (χ2n) is 12.7. The number of carboxylic acid groups (broad SMARTS) is 5. The number of aromatic carboxylic acids is 5. The minimum Gasteiger partial charge on any atom is -0.478 e. The summed E-state index contributed by atoms with van der Waals surface area (Å²) in [5, 5.41) is 47.7. The summed E-state index contributed by atoms with van der Waals surface area (Å²) < 4.78 is 0. The van der Waals surface area contributed by atoms with E-state index in [-0.39, 0.29) is 9.90 Å². The molecule has 15 nitrogen and oxygen atoms in total. The monoisotopic (exact) mass is 836 g/mol. The molecule has 10 aromatic rings. The number of hydrogen-bond acceptors (Lipinski definition) is 5. The van der Waals surface area contributed by atoms with E-state index in [1.165, 1.54) is 0 Å². The molecule has 0 radical (unpaired) electrons. The number of rotatable bonds is 5. The first-order chi connectivity index (χ1) is 28.9. The molecule has 5 aromatic heterocycles. The van der Waals surface area contributed by atoms with E-state index in [1.54, 1.807) is 122 Å². The van der Waals surface area contributed by atoms with Crippen LogP contribution in [0.15, 0.2) is 152 Å². The van der Waals surface area contributed by atoms with E-state index >= 15 is 0 Å². The molecule has 0 bridgehead atoms. The number of hydrogen-bond donors (Lipinski definition) is 10. The van der Waals surface area contributed by atoms with Crippen molar-refractivity contribution in [2.24, 2.45) is 0 Å². The molecule has 0 spiro atoms. The normalized spacial score (nSPS) is 10.2. The number of aromatic amines is 5. The van der Waals surface area contributed by atoms with Crippen molar-refractivity contribution in [3.8, 4) is 0 Å². The van der Waals surface area contributed by atoms with Crippen molar-refractivity contribution in [1.82, 2.24) is 24.9 Å². The molecule has 0 saturated heterocycles. The summed E-state index contributed by atoms with van der Waals surface area (Å²) in [6.07, 6.45) is 8.67. The average molecular weight is 837 g/mol. The van der Waals surface area contributed by atoms with Gasteiger partial charge in [-0.1, -0.05) is 30.3 Å². The van der Waals surface area contributed by atoms with E-state index in [0.29, 0.717) is 27.8 Å². The molecule has 0 aliphatic rings. The topological polar surface area (TPSA) is 265 Å². The van der Waals surface area contributed by atoms with Crippen LogP contribution in [0, 0.1) is 0 Å². The number of fused-ring (bicyclic) bond motifs is 5. The van der Waals surface area contributed by atoms with Crippen LogP contribution in [0.4, 0.5) is 0 Å². The van der Waals surface area contributed by atoms with Crippen LogP contribution >= 0.6 is 9.90 Å². The standard InChI is InChI=1S/5C9H7NO2.P/c5*11-9(12)7-2-1-3-8-6(7)4-5-10-8;/h5*1-5,10H,(H,11,12);/q;;;;;+5. The van der Waals surface area contributed by atoms with E-state index in [2.05, 4.69) is 24.9 Å². The van der Waals surface area contributed by atoms with Gasteiger partial charge in [0.15, 0.2) is 0 Å². The second kappa shape index (κ2) is 19.8. The van der Waals surface area contributed by atoms with Gasteiger partial charge in [-0.2, -0.15) is 0 Å². The van der Waals surface area contributed by atoms with Crippen molar-refractivity contribution in [2.75, 3.05) is 0 Å². The average Bonchev–Trinajstić information content (AvgIpc) is 4.10. The number of aromatic nitrogens is 5. The molecule has 0 fully saturated rings. The molecule has 0 saturated carbocycles. The van der Waals surface area contributed by atoms with Gasteiger partial charge in [-0.3, -0.25) is 0 Å². The van der Waals surface area contributed by atoms with Gasteiger partial charge in [-0.25, -0.2) is 24.0 Å². The fourth-order valence-electron chi connectivity index (χ4n) is 6.36. The molecule has 5 heterocycles. The van der Waals surface area contributed by atoms with Crippen molar-refractivity contribution in [2.45, 2.75) is 0 Å². The molecule has 16 heteroatoms. The van der Waals surface area contributed by atoms with Crippen molar-refractivity contribution >= 4 is 94.3 Å². The molecule has 10 rings (SSSR count). The predicted octanol–water partition coefficient (Wildman–Crippen LogP) is 10.2. The summed E-state index contributed by atoms with van der Waals surface area (Å²) in [7, 11) is 0. The van der Waals surface area contributed by atoms with Crippen molar-refractivity contribution in [3.05, 3.63) is 180 Å². The molecule has 300 valence electrons. The van der Waals surface area contributed by atoms with Gasteiger partial charge in [0.2, 0.25) is 0 Å². The van der Waals surface area contributed by atoms with Crippen LogP contribution in [0.5, 0.6) is 0 Å². The first kappa shape index (κ1) is 43.7. The maximum absolute atomic E-state index is 10.7. The van der Waals surface area contributed by atoms with Crippen LogP contribution in [0.2, 0.25) is 0 Å². The molecule has 0 aliphatic carbocycles. The van der Waals surface area contributed by atoms with E-state index < -0.39 is 29.8 Å². The number of benzene rings is 5. The van der Waals surface area contributed by atoms with Crippen molar-refractivity contribution in [1.29, 1.82) is 0 Å². The molecule has 0 atom stereocenters. The number of nitrogens with one attached hydrogen (secondary N) is 5. The van der Waals surface area contributed by atoms with Crippen LogP contribution < -0.4 is 0 Å². The Balaban J connectivity index is 0.000000144. The number of carboxylic acids is 5. The van der Waals surface area contributed by atoms with Crippen LogP contribution in [-0.4, -0.2) is 80.3 Å². The summed E-state index contributed by atoms with van der Waals surface area (Å²) >= 11 is 0. The third-order valence-electron chi connectivity index (χ3n) is 9.13. The predicted molar refractivity (Wildman–Crippen MR) is 233 cm³/mol. The quantitative estimate of drug-likeness (QED) is 0.0733. The van der Waals surface area contributed by atoms with Gasteiger partial charge in [0, 0.05) is 85.5 Å². The first-order valence-electron chi connectivity index (χ1n) is 17.9. The smallest absolute Gasteiger partial charge is 0.478 e. The summed E-state index contributed by atoms with van der Waals surface area (Å²) in [6.45, 7) is 0. The maximum atomic E-state index is 10.7. The van der Waals surface area contributed by atoms with Gasteiger partial charge in [-0.15, -0.1) is 0 Å². The third kappa shape index (κ3) is 10.2. The van der Waals surface area contributed by atoms with Crippen molar-refractivity contribution < 1.29 is 49.5 Å². The van der Waals surface area contributed by atoms with E-state index in [1.807, 2.05) is 30.3 Å². The summed E-state index contributed by atoms with van der Waals surface area (Å²) in [4.78, 5) is 68.3. The minimum atomic E-state index is -0.889. The zero-order chi connectivity index (χ0) is 42.8. The zero-order valence-electron chi connectivity index (χ0n) is 31.7. The summed E-state index contributed by atoms with van der Waals surface area (Å²) in [6, 6.07) is 34.7. The van der Waals surface area contributed by atoms with Crippen LogP contribution in [-0.2, 0) is 0 Å². The molecule has 5 aromatic carbocycles. The maximum Gasteiger partial charge on any atom is 5.00 e. The van der Waals surface area contributed by atoms with Gasteiger partial charge >= 0.3 is 39.7 Å². The van der Waals surface area contributed by atoms with Crippen molar-refractivity contribution in [3.63, 3.8) is 0 Å². The Morgan fingerprint density at radius 3 is 0.590 bits per heavy atom. The number of H-pyrrole nitrogens is 5. The van der Waals surface area contributed by atoms with Crippen LogP contribution in [0.3, 0.4) is 0 Å². The molecule has 0 aliphatic heterocycles. The molecular formula is C45H35N5O10P+5. The molecular weight excluding hydrogens is 801 g/mol. The fraction of sp³-hybridized carbons (Fsp3) is 0. The van der Waals surface area contributed by atoms with Gasteiger partial charge < -0.3 is 50.5 Å². The Morgan fingerprint density at radius 2 is 0.443 bits per heavy atom. The Kier molecular flexibility index (Phi) is 14.2. The summed E-state index contributed by atoms with van der Waals surface area (Å²) in [5.74, 6) is -4.44. The van der Waals surface area contributed by atoms with E-state index in [4.69, 9.17) is 25.5 Å². The first-order valence-corrected chi connectivity index (χ1v) is 17.9. The Bertz CT molecular complexity index is 2650. The largest absolute Gasteiger partial charge is 5.00 e. The van der Waals surface area contributed by atoms with Crippen LogP contribution in [0.1, 0.15) is 51.8 Å². The third-order valence-corrected chi connectivity index (χ3v) is 9.13. The minimum absolute atomic E-state index is 0. The number of carbonyl (C=O) groups is 5. The van der Waals surface area contributed by atoms with Gasteiger partial charge in [0.05, 0.1) is 27.8 Å². The van der Waals surface area contributed by atoms with Gasteiger partial charge in [0.25, 0.3) is 0 Å². The SMILES string of the molecule is O=C(O)c1cccc2[nH]ccc12.O=C(O)c1cccc2[nH]ccc12.O=C(O)c1cccc2[nH]ccc12.O=C(O)c1cccc2[nH]ccc12.O=C(O)c1cccc2[nH]ccc12.[P+5]. The van der Waals surface area contributed by atoms with Gasteiger partial charge in [-0.05, 0) is 91.0 Å². The van der Waals surface area contributed by atoms with Gasteiger partial charge in [0.1, 0.15) is 0 Å². The Labute approximate surface area is 347 Å². The molecule has 0 amide bonds. The Morgan fingerprint density at radius 1 is 0.279 bits per heavy atom. The summed E-state index contributed by atoms with van der Waals surface area (Å²) in [5.41, 5.74) is 5.99. The Hall–Kier alpha value is -8.42. The zero-order valence-corrected chi connectivity index (χ0v) is 32.6. The second-order valence-corrected chi connectivity index (χ2v) is 12.7. The van der Waals surface area contributed by atoms with Crippen LogP contribution in [0.25, 0.3) is 54.5 Å². The fourth-order valence-corrected chi connectivity index (χ4v) is 6.36. The molecule has 10 N–H and O–H groups in total. The molecule has 61 heavy (non-hydrogen) atoms. The van der Waals surface area contributed by atoms with E-state index in [9.17, 15) is 24.0 Å². The molecule has 0 unspecified atom stereocenters. The van der Waals surface area contributed by atoms with E-state index in [0.717, 1.165) is 54.5 Å².